The zero-order valence-electron chi connectivity index (χ0n) is 14.1. The maximum atomic E-state index is 12.6. The molecule has 0 radical (unpaired) electrons. The van der Waals surface area contributed by atoms with Gasteiger partial charge in [-0.15, -0.1) is 10.2 Å². The van der Waals surface area contributed by atoms with Gasteiger partial charge in [0.2, 0.25) is 0 Å². The van der Waals surface area contributed by atoms with E-state index >= 15 is 0 Å². The number of hydrogen-bond acceptors (Lipinski definition) is 4. The van der Waals surface area contributed by atoms with Crippen molar-refractivity contribution in [2.75, 3.05) is 6.54 Å². The summed E-state index contributed by atoms with van der Waals surface area (Å²) in [6.45, 7) is 1.60. The summed E-state index contributed by atoms with van der Waals surface area (Å²) in [7, 11) is 0. The first-order valence-electron chi connectivity index (χ1n) is 8.91. The predicted octanol–water partition coefficient (Wildman–Crippen LogP) is 1.63. The Bertz CT molecular complexity index is 741. The summed E-state index contributed by atoms with van der Waals surface area (Å²) in [5.74, 6) is 1.81. The number of aliphatic hydroxyl groups excluding tert-OH is 1. The van der Waals surface area contributed by atoms with Crippen LogP contribution in [0.15, 0.2) is 30.3 Å². The van der Waals surface area contributed by atoms with Crippen molar-refractivity contribution >= 4 is 6.03 Å². The van der Waals surface area contributed by atoms with Gasteiger partial charge in [0, 0.05) is 19.0 Å². The Balaban J connectivity index is 1.38. The van der Waals surface area contributed by atoms with Crippen molar-refractivity contribution in [3.63, 3.8) is 0 Å². The SMILES string of the molecule is O=C(NCc1nnc2n1CCC2)N(C[C@H](O)c1ccccc1)C1CC1. The molecule has 1 atom stereocenters. The van der Waals surface area contributed by atoms with E-state index in [0.29, 0.717) is 13.1 Å². The molecule has 2 N–H and O–H groups in total. The van der Waals surface area contributed by atoms with Crippen molar-refractivity contribution < 1.29 is 9.90 Å². The summed E-state index contributed by atoms with van der Waals surface area (Å²) < 4.78 is 2.08. The maximum Gasteiger partial charge on any atom is 0.318 e. The normalized spacial score (nSPS) is 17.2. The Kier molecular flexibility index (Phi) is 4.40. The van der Waals surface area contributed by atoms with E-state index in [1.165, 1.54) is 0 Å². The van der Waals surface area contributed by atoms with E-state index in [4.69, 9.17) is 0 Å². The van der Waals surface area contributed by atoms with Crippen molar-refractivity contribution in [2.45, 2.75) is 50.9 Å². The molecule has 1 aliphatic heterocycles. The smallest absolute Gasteiger partial charge is 0.318 e. The van der Waals surface area contributed by atoms with Crippen LogP contribution in [0.5, 0.6) is 0 Å². The molecule has 0 saturated heterocycles. The first-order chi connectivity index (χ1) is 12.2. The fourth-order valence-corrected chi connectivity index (χ4v) is 3.35. The molecule has 2 aromatic rings. The van der Waals surface area contributed by atoms with Crippen molar-refractivity contribution in [1.29, 1.82) is 0 Å². The lowest BCUT2D eigenvalue weighted by molar-refractivity contribution is 0.117. The highest BCUT2D eigenvalue weighted by molar-refractivity contribution is 5.74. The average molecular weight is 341 g/mol. The molecule has 0 spiro atoms. The maximum absolute atomic E-state index is 12.6. The van der Waals surface area contributed by atoms with Gasteiger partial charge in [0.05, 0.1) is 19.2 Å². The lowest BCUT2D eigenvalue weighted by Crippen LogP contribution is -2.43. The van der Waals surface area contributed by atoms with E-state index in [1.54, 1.807) is 4.90 Å². The number of aromatic nitrogens is 3. The highest BCUT2D eigenvalue weighted by Gasteiger charge is 2.34. The van der Waals surface area contributed by atoms with Gasteiger partial charge in [0.15, 0.2) is 5.82 Å². The molecule has 1 saturated carbocycles. The van der Waals surface area contributed by atoms with Crippen molar-refractivity contribution in [3.05, 3.63) is 47.5 Å². The number of aryl methyl sites for hydroxylation is 1. The number of carbonyl (C=O) groups is 1. The number of benzene rings is 1. The summed E-state index contributed by atoms with van der Waals surface area (Å²) in [6.07, 6.45) is 3.36. The minimum atomic E-state index is -0.676. The fraction of sp³-hybridized carbons (Fsp3) is 0.500. The van der Waals surface area contributed by atoms with Crippen LogP contribution in [-0.4, -0.2) is 43.4 Å². The molecular formula is C18H23N5O2. The highest BCUT2D eigenvalue weighted by Crippen LogP contribution is 2.29. The number of urea groups is 1. The van der Waals surface area contributed by atoms with Gasteiger partial charge in [0.1, 0.15) is 5.82 Å². The number of rotatable bonds is 6. The molecule has 0 unspecified atom stereocenters. The standard InChI is InChI=1S/C18H23N5O2/c24-15(13-5-2-1-3-6-13)12-23(14-8-9-14)18(25)19-11-17-21-20-16-7-4-10-22(16)17/h1-3,5-6,14-15,24H,4,7-12H2,(H,19,25)/t15-/m0/s1. The van der Waals surface area contributed by atoms with E-state index in [-0.39, 0.29) is 12.1 Å². The molecule has 7 nitrogen and oxygen atoms in total. The Hall–Kier alpha value is -2.41. The van der Waals surface area contributed by atoms with Gasteiger partial charge in [0.25, 0.3) is 0 Å². The predicted molar refractivity (Wildman–Crippen MR) is 91.7 cm³/mol. The van der Waals surface area contributed by atoms with Gasteiger partial charge in [-0.25, -0.2) is 4.79 Å². The molecule has 0 bridgehead atoms. The number of aliphatic hydroxyl groups is 1. The van der Waals surface area contributed by atoms with Crippen LogP contribution in [0.2, 0.25) is 0 Å². The van der Waals surface area contributed by atoms with Crippen molar-refractivity contribution in [1.82, 2.24) is 25.0 Å². The monoisotopic (exact) mass is 341 g/mol. The molecule has 2 amide bonds. The van der Waals surface area contributed by atoms with Crippen LogP contribution in [0.4, 0.5) is 4.79 Å². The highest BCUT2D eigenvalue weighted by atomic mass is 16.3. The molecule has 7 heteroatoms. The van der Waals surface area contributed by atoms with Gasteiger partial charge in [-0.3, -0.25) is 0 Å². The zero-order valence-corrected chi connectivity index (χ0v) is 14.1. The first kappa shape index (κ1) is 16.1. The largest absolute Gasteiger partial charge is 0.387 e. The van der Waals surface area contributed by atoms with Crippen LogP contribution in [0.3, 0.4) is 0 Å². The number of amides is 2. The van der Waals surface area contributed by atoms with E-state index < -0.39 is 6.10 Å². The van der Waals surface area contributed by atoms with E-state index in [2.05, 4.69) is 20.1 Å². The van der Waals surface area contributed by atoms with Crippen LogP contribution < -0.4 is 5.32 Å². The molecule has 2 heterocycles. The Labute approximate surface area is 146 Å². The van der Waals surface area contributed by atoms with Gasteiger partial charge < -0.3 is 19.9 Å². The molecule has 1 aromatic carbocycles. The minimum Gasteiger partial charge on any atom is -0.387 e. The molecular weight excluding hydrogens is 318 g/mol. The number of nitrogens with one attached hydrogen (secondary N) is 1. The van der Waals surface area contributed by atoms with Crippen molar-refractivity contribution in [2.24, 2.45) is 0 Å². The fourth-order valence-electron chi connectivity index (χ4n) is 3.35. The second-order valence-electron chi connectivity index (χ2n) is 6.76. The number of fused-ring (bicyclic) bond motifs is 1. The summed E-state index contributed by atoms with van der Waals surface area (Å²) in [4.78, 5) is 14.4. The van der Waals surface area contributed by atoms with Crippen LogP contribution >= 0.6 is 0 Å². The van der Waals surface area contributed by atoms with Gasteiger partial charge in [-0.2, -0.15) is 0 Å². The average Bonchev–Trinajstić information content (AvgIpc) is 3.24. The quantitative estimate of drug-likeness (QED) is 0.836. The Morgan fingerprint density at radius 2 is 2.12 bits per heavy atom. The third-order valence-electron chi connectivity index (χ3n) is 4.89. The van der Waals surface area contributed by atoms with Crippen LogP contribution in [-0.2, 0) is 19.5 Å². The lowest BCUT2D eigenvalue weighted by Gasteiger charge is -2.25. The summed E-state index contributed by atoms with van der Waals surface area (Å²) in [5.41, 5.74) is 0.830. The van der Waals surface area contributed by atoms with Gasteiger partial charge in [-0.1, -0.05) is 30.3 Å². The molecule has 2 aliphatic rings. The summed E-state index contributed by atoms with van der Waals surface area (Å²) in [6, 6.07) is 9.55. The van der Waals surface area contributed by atoms with E-state index in [1.807, 2.05) is 30.3 Å². The van der Waals surface area contributed by atoms with Gasteiger partial charge >= 0.3 is 6.03 Å². The molecule has 4 rings (SSSR count). The topological polar surface area (TPSA) is 83.3 Å². The van der Waals surface area contributed by atoms with E-state index in [9.17, 15) is 9.90 Å². The summed E-state index contributed by atoms with van der Waals surface area (Å²) in [5, 5.41) is 21.7. The zero-order chi connectivity index (χ0) is 17.2. The van der Waals surface area contributed by atoms with Crippen LogP contribution in [0.25, 0.3) is 0 Å². The Morgan fingerprint density at radius 1 is 1.32 bits per heavy atom. The Morgan fingerprint density at radius 3 is 2.88 bits per heavy atom. The second-order valence-corrected chi connectivity index (χ2v) is 6.76. The molecule has 1 fully saturated rings. The van der Waals surface area contributed by atoms with Crippen molar-refractivity contribution in [3.8, 4) is 0 Å². The first-order valence-corrected chi connectivity index (χ1v) is 8.91. The molecule has 1 aromatic heterocycles. The second kappa shape index (κ2) is 6.84. The summed E-state index contributed by atoms with van der Waals surface area (Å²) >= 11 is 0. The molecule has 25 heavy (non-hydrogen) atoms. The minimum absolute atomic E-state index is 0.146. The molecule has 132 valence electrons. The number of hydrogen-bond donors (Lipinski definition) is 2. The molecule has 1 aliphatic carbocycles. The third-order valence-corrected chi connectivity index (χ3v) is 4.89. The number of nitrogens with zero attached hydrogens (tertiary/aromatic N) is 4. The van der Waals surface area contributed by atoms with Crippen LogP contribution in [0.1, 0.15) is 42.6 Å². The van der Waals surface area contributed by atoms with Gasteiger partial charge in [-0.05, 0) is 24.8 Å². The number of carbonyl (C=O) groups excluding carboxylic acids is 1. The lowest BCUT2D eigenvalue weighted by atomic mass is 10.1. The van der Waals surface area contributed by atoms with Crippen LogP contribution in [0, 0.1) is 0 Å². The third kappa shape index (κ3) is 3.51. The van der Waals surface area contributed by atoms with E-state index in [0.717, 1.165) is 49.4 Å².